The first-order valence-corrected chi connectivity index (χ1v) is 7.17. The Kier molecular flexibility index (Phi) is 6.09. The minimum absolute atomic E-state index is 0.0166. The third kappa shape index (κ3) is 6.21. The largest absolute Gasteiger partial charge is 0.465 e. The van der Waals surface area contributed by atoms with E-state index in [0.717, 1.165) is 6.26 Å². The van der Waals surface area contributed by atoms with Crippen molar-refractivity contribution in [1.82, 2.24) is 0 Å². The Labute approximate surface area is 102 Å². The molecule has 0 aliphatic rings. The van der Waals surface area contributed by atoms with Gasteiger partial charge < -0.3 is 4.74 Å². The highest BCUT2D eigenvalue weighted by atomic mass is 32.2. The summed E-state index contributed by atoms with van der Waals surface area (Å²) in [5, 5.41) is -1.24. The van der Waals surface area contributed by atoms with Crippen molar-refractivity contribution in [2.75, 3.05) is 12.9 Å². The molecule has 0 rings (SSSR count). The van der Waals surface area contributed by atoms with Gasteiger partial charge in [-0.3, -0.25) is 9.59 Å². The molecule has 5 nitrogen and oxygen atoms in total. The standard InChI is InChI=1S/C11H18O5S/c1-5-16-11(13)10(17(4,14)15)7-8(2)6-9(3)12/h6,10H,5,7H2,1-4H3. The monoisotopic (exact) mass is 262 g/mol. The first-order chi connectivity index (χ1) is 7.68. The van der Waals surface area contributed by atoms with E-state index in [-0.39, 0.29) is 18.8 Å². The van der Waals surface area contributed by atoms with Gasteiger partial charge in [0, 0.05) is 6.26 Å². The molecule has 1 unspecified atom stereocenters. The number of ketones is 1. The molecule has 0 N–H and O–H groups in total. The van der Waals surface area contributed by atoms with E-state index in [1.54, 1.807) is 13.8 Å². The maximum Gasteiger partial charge on any atom is 0.324 e. The lowest BCUT2D eigenvalue weighted by Crippen LogP contribution is -2.31. The Hall–Kier alpha value is -1.17. The zero-order valence-electron chi connectivity index (χ0n) is 10.5. The van der Waals surface area contributed by atoms with Crippen LogP contribution in [0.5, 0.6) is 0 Å². The Morgan fingerprint density at radius 1 is 1.29 bits per heavy atom. The Morgan fingerprint density at radius 3 is 2.18 bits per heavy atom. The van der Waals surface area contributed by atoms with Gasteiger partial charge in [-0.15, -0.1) is 0 Å². The third-order valence-corrected chi connectivity index (χ3v) is 3.42. The highest BCUT2D eigenvalue weighted by Gasteiger charge is 2.30. The van der Waals surface area contributed by atoms with Crippen molar-refractivity contribution in [3.05, 3.63) is 11.6 Å². The van der Waals surface area contributed by atoms with Gasteiger partial charge in [0.15, 0.2) is 20.9 Å². The van der Waals surface area contributed by atoms with Crippen LogP contribution in [0.3, 0.4) is 0 Å². The topological polar surface area (TPSA) is 77.5 Å². The van der Waals surface area contributed by atoms with E-state index >= 15 is 0 Å². The molecule has 0 aromatic carbocycles. The fraction of sp³-hybridized carbons (Fsp3) is 0.636. The second-order valence-electron chi connectivity index (χ2n) is 3.88. The van der Waals surface area contributed by atoms with Crippen LogP contribution in [0.25, 0.3) is 0 Å². The fourth-order valence-corrected chi connectivity index (χ4v) is 2.33. The van der Waals surface area contributed by atoms with Gasteiger partial charge in [-0.05, 0) is 33.3 Å². The second kappa shape index (κ2) is 6.54. The first kappa shape index (κ1) is 15.8. The molecular weight excluding hydrogens is 244 g/mol. The van der Waals surface area contributed by atoms with Gasteiger partial charge >= 0.3 is 5.97 Å². The number of rotatable bonds is 6. The number of hydrogen-bond acceptors (Lipinski definition) is 5. The number of sulfone groups is 1. The van der Waals surface area contributed by atoms with E-state index < -0.39 is 21.1 Å². The van der Waals surface area contributed by atoms with Gasteiger partial charge in [0.2, 0.25) is 0 Å². The summed E-state index contributed by atoms with van der Waals surface area (Å²) in [5.41, 5.74) is 0.543. The van der Waals surface area contributed by atoms with Gasteiger partial charge in [-0.25, -0.2) is 8.42 Å². The molecule has 1 atom stereocenters. The molecule has 0 radical (unpaired) electrons. The van der Waals surface area contributed by atoms with Crippen LogP contribution in [0, 0.1) is 0 Å². The molecule has 0 aliphatic heterocycles. The maximum absolute atomic E-state index is 11.5. The minimum Gasteiger partial charge on any atom is -0.465 e. The summed E-state index contributed by atoms with van der Waals surface area (Å²) in [4.78, 5) is 22.3. The Balaban J connectivity index is 4.98. The zero-order valence-corrected chi connectivity index (χ0v) is 11.3. The molecule has 0 aliphatic carbocycles. The zero-order chi connectivity index (χ0) is 13.6. The van der Waals surface area contributed by atoms with Crippen molar-refractivity contribution in [2.24, 2.45) is 0 Å². The van der Waals surface area contributed by atoms with Gasteiger partial charge in [-0.2, -0.15) is 0 Å². The highest BCUT2D eigenvalue weighted by Crippen LogP contribution is 2.14. The predicted molar refractivity (Wildman–Crippen MR) is 64.3 cm³/mol. The molecular formula is C11H18O5S. The SMILES string of the molecule is CCOC(=O)C(CC(C)=CC(C)=O)S(C)(=O)=O. The van der Waals surface area contributed by atoms with Gasteiger partial charge in [0.05, 0.1) is 6.61 Å². The molecule has 0 bridgehead atoms. The van der Waals surface area contributed by atoms with Gasteiger partial charge in [-0.1, -0.05) is 5.57 Å². The predicted octanol–water partition coefficient (Wildman–Crippen LogP) is 0.888. The van der Waals surface area contributed by atoms with Crippen molar-refractivity contribution >= 4 is 21.6 Å². The molecule has 0 spiro atoms. The summed E-state index contributed by atoms with van der Waals surface area (Å²) < 4.78 is 27.6. The summed E-state index contributed by atoms with van der Waals surface area (Å²) in [6.45, 7) is 4.71. The van der Waals surface area contributed by atoms with E-state index in [9.17, 15) is 18.0 Å². The van der Waals surface area contributed by atoms with Crippen molar-refractivity contribution in [3.63, 3.8) is 0 Å². The summed E-state index contributed by atoms with van der Waals surface area (Å²) >= 11 is 0. The smallest absolute Gasteiger partial charge is 0.324 e. The van der Waals surface area contributed by atoms with Crippen molar-refractivity contribution in [1.29, 1.82) is 0 Å². The van der Waals surface area contributed by atoms with Crippen LogP contribution in [0.1, 0.15) is 27.2 Å². The number of carbonyl (C=O) groups excluding carboxylic acids is 2. The summed E-state index contributed by atoms with van der Waals surface area (Å²) in [7, 11) is -3.54. The van der Waals surface area contributed by atoms with Crippen molar-refractivity contribution < 1.29 is 22.7 Å². The number of esters is 1. The minimum atomic E-state index is -3.54. The van der Waals surface area contributed by atoms with E-state index in [1.807, 2.05) is 0 Å². The molecule has 0 saturated heterocycles. The normalized spacial score (nSPS) is 14.2. The molecule has 0 aromatic heterocycles. The van der Waals surface area contributed by atoms with Crippen LogP contribution < -0.4 is 0 Å². The third-order valence-electron chi connectivity index (χ3n) is 2.02. The fourth-order valence-electron chi connectivity index (χ4n) is 1.34. The molecule has 17 heavy (non-hydrogen) atoms. The number of carbonyl (C=O) groups is 2. The van der Waals surface area contributed by atoms with Gasteiger partial charge in [0.25, 0.3) is 0 Å². The average Bonchev–Trinajstić information content (AvgIpc) is 2.11. The lowest BCUT2D eigenvalue weighted by Gasteiger charge is -2.13. The average molecular weight is 262 g/mol. The molecule has 0 aromatic rings. The molecule has 98 valence electrons. The van der Waals surface area contributed by atoms with E-state index in [0.29, 0.717) is 5.57 Å². The molecule has 0 saturated carbocycles. The Morgan fingerprint density at radius 2 is 1.82 bits per heavy atom. The van der Waals surface area contributed by atoms with Crippen LogP contribution >= 0.6 is 0 Å². The first-order valence-electron chi connectivity index (χ1n) is 5.21. The quantitative estimate of drug-likeness (QED) is 0.524. The molecule has 6 heteroatoms. The van der Waals surface area contributed by atoms with Crippen LogP contribution in [0.15, 0.2) is 11.6 Å². The van der Waals surface area contributed by atoms with Crippen LogP contribution in [-0.2, 0) is 24.2 Å². The summed E-state index contributed by atoms with van der Waals surface area (Å²) in [6, 6.07) is 0. The lowest BCUT2D eigenvalue weighted by molar-refractivity contribution is -0.142. The van der Waals surface area contributed by atoms with Crippen LogP contribution in [0.4, 0.5) is 0 Å². The lowest BCUT2D eigenvalue weighted by atomic mass is 10.1. The highest BCUT2D eigenvalue weighted by molar-refractivity contribution is 7.92. The Bertz CT molecular complexity index is 419. The van der Waals surface area contributed by atoms with E-state index in [1.165, 1.54) is 13.0 Å². The van der Waals surface area contributed by atoms with Gasteiger partial charge in [0.1, 0.15) is 0 Å². The van der Waals surface area contributed by atoms with Crippen LogP contribution in [0.2, 0.25) is 0 Å². The summed E-state index contributed by atoms with van der Waals surface area (Å²) in [5.74, 6) is -0.954. The molecule has 0 amide bonds. The maximum atomic E-state index is 11.5. The second-order valence-corrected chi connectivity index (χ2v) is 6.10. The molecule has 0 fully saturated rings. The molecule has 0 heterocycles. The van der Waals surface area contributed by atoms with E-state index in [2.05, 4.69) is 0 Å². The van der Waals surface area contributed by atoms with Crippen molar-refractivity contribution in [2.45, 2.75) is 32.4 Å². The summed E-state index contributed by atoms with van der Waals surface area (Å²) in [6.07, 6.45) is 2.28. The number of allylic oxidation sites excluding steroid dienone is 2. The van der Waals surface area contributed by atoms with E-state index in [4.69, 9.17) is 4.74 Å². The number of hydrogen-bond donors (Lipinski definition) is 0. The van der Waals surface area contributed by atoms with Crippen LogP contribution in [-0.4, -0.2) is 38.3 Å². The van der Waals surface area contributed by atoms with Crippen molar-refractivity contribution in [3.8, 4) is 0 Å². The number of ether oxygens (including phenoxy) is 1.